The Morgan fingerprint density at radius 2 is 1.64 bits per heavy atom. The second-order valence-electron chi connectivity index (χ2n) is 2.69. The molecule has 0 saturated heterocycles. The maximum atomic E-state index is 6.93. The monoisotopic (exact) mass is 152 g/mol. The third-order valence-corrected chi connectivity index (χ3v) is 1.66. The van der Waals surface area contributed by atoms with E-state index in [1.165, 1.54) is 25.7 Å². The fourth-order valence-corrected chi connectivity index (χ4v) is 0.994. The molecule has 0 spiro atoms. The maximum Gasteiger partial charge on any atom is 0.00997 e. The summed E-state index contributed by atoms with van der Waals surface area (Å²) < 4.78 is 0. The Balaban J connectivity index is 2.83. The highest BCUT2D eigenvalue weighted by Crippen LogP contribution is 2.03. The van der Waals surface area contributed by atoms with Crippen LogP contribution < -0.4 is 5.73 Å². The van der Waals surface area contributed by atoms with Crippen LogP contribution >= 0.6 is 0 Å². The molecule has 0 aliphatic carbocycles. The smallest absolute Gasteiger partial charge is 0.00997 e. The summed E-state index contributed by atoms with van der Waals surface area (Å²) >= 11 is 0. The summed E-state index contributed by atoms with van der Waals surface area (Å²) in [6.45, 7) is 2.48. The molecule has 1 N–H and O–H groups in total. The number of rotatable bonds is 6. The van der Waals surface area contributed by atoms with Gasteiger partial charge in [-0.05, 0) is 19.8 Å². The van der Waals surface area contributed by atoms with Crippen molar-refractivity contribution in [2.45, 2.75) is 45.4 Å². The van der Waals surface area contributed by atoms with Gasteiger partial charge in [0.15, 0.2) is 0 Å². The molecule has 1 nitrogen and oxygen atoms in total. The van der Waals surface area contributed by atoms with E-state index >= 15 is 0 Å². The molecular weight excluding hydrogens is 134 g/mol. The van der Waals surface area contributed by atoms with Gasteiger partial charge in [-0.25, -0.2) is 0 Å². The van der Waals surface area contributed by atoms with E-state index in [0.717, 1.165) is 12.8 Å². The summed E-state index contributed by atoms with van der Waals surface area (Å²) in [5, 5.41) is 0. The first kappa shape index (κ1) is 10.5. The third-order valence-electron chi connectivity index (χ3n) is 1.66. The van der Waals surface area contributed by atoms with Crippen molar-refractivity contribution in [2.75, 3.05) is 6.54 Å². The first-order valence-electron chi connectivity index (χ1n) is 4.46. The van der Waals surface area contributed by atoms with E-state index in [9.17, 15) is 0 Å². The van der Waals surface area contributed by atoms with Gasteiger partial charge >= 0.3 is 0 Å². The van der Waals surface area contributed by atoms with Crippen LogP contribution in [0.3, 0.4) is 0 Å². The Morgan fingerprint density at radius 3 is 2.27 bits per heavy atom. The van der Waals surface area contributed by atoms with Crippen LogP contribution in [0.25, 0.3) is 0 Å². The summed E-state index contributed by atoms with van der Waals surface area (Å²) in [5.74, 6) is 5.94. The minimum atomic E-state index is 0.592. The standard InChI is InChI=1S/C10H18N/c1-2-3-4-5-6-7-8-9-10-11/h11H,4-10H2,1H3. The largest absolute Gasteiger partial charge is 0.258 e. The SMILES string of the molecule is CC#CCCCCCCC[NH]. The van der Waals surface area contributed by atoms with Crippen LogP contribution in [0, 0.1) is 11.8 Å². The zero-order valence-corrected chi connectivity index (χ0v) is 7.45. The molecule has 0 atom stereocenters. The minimum absolute atomic E-state index is 0.592. The van der Waals surface area contributed by atoms with E-state index in [-0.39, 0.29) is 0 Å². The van der Waals surface area contributed by atoms with Crippen molar-refractivity contribution in [1.29, 1.82) is 0 Å². The summed E-state index contributed by atoms with van der Waals surface area (Å²) in [6.07, 6.45) is 7.15. The number of hydrogen-bond acceptors (Lipinski definition) is 0. The van der Waals surface area contributed by atoms with Gasteiger partial charge in [0.25, 0.3) is 0 Å². The zero-order valence-electron chi connectivity index (χ0n) is 7.45. The molecule has 1 heteroatoms. The van der Waals surface area contributed by atoms with Gasteiger partial charge in [0.2, 0.25) is 0 Å². The van der Waals surface area contributed by atoms with Gasteiger partial charge in [-0.3, -0.25) is 5.73 Å². The fraction of sp³-hybridized carbons (Fsp3) is 0.800. The van der Waals surface area contributed by atoms with Crippen molar-refractivity contribution >= 4 is 0 Å². The van der Waals surface area contributed by atoms with Crippen molar-refractivity contribution in [2.24, 2.45) is 0 Å². The molecule has 0 saturated carbocycles. The molecule has 0 aromatic carbocycles. The second-order valence-corrected chi connectivity index (χ2v) is 2.69. The van der Waals surface area contributed by atoms with Crippen LogP contribution in [0.1, 0.15) is 45.4 Å². The van der Waals surface area contributed by atoms with Crippen LogP contribution in [0.2, 0.25) is 0 Å². The first-order valence-corrected chi connectivity index (χ1v) is 4.46. The molecule has 0 aromatic rings. The highest BCUT2D eigenvalue weighted by molar-refractivity contribution is 4.94. The third kappa shape index (κ3) is 9.52. The number of hydrogen-bond donors (Lipinski definition) is 0. The fourth-order valence-electron chi connectivity index (χ4n) is 0.994. The molecule has 0 aliphatic rings. The lowest BCUT2D eigenvalue weighted by molar-refractivity contribution is 0.622. The van der Waals surface area contributed by atoms with Crippen molar-refractivity contribution in [1.82, 2.24) is 5.73 Å². The highest BCUT2D eigenvalue weighted by atomic mass is 14.5. The van der Waals surface area contributed by atoms with Gasteiger partial charge in [-0.1, -0.05) is 19.3 Å². The van der Waals surface area contributed by atoms with E-state index in [2.05, 4.69) is 11.8 Å². The van der Waals surface area contributed by atoms with E-state index in [1.807, 2.05) is 6.92 Å². The molecule has 11 heavy (non-hydrogen) atoms. The van der Waals surface area contributed by atoms with E-state index in [0.29, 0.717) is 6.54 Å². The van der Waals surface area contributed by atoms with Gasteiger partial charge in [-0.2, -0.15) is 0 Å². The average molecular weight is 152 g/mol. The second kappa shape index (κ2) is 9.52. The van der Waals surface area contributed by atoms with Gasteiger partial charge in [-0.15, -0.1) is 11.8 Å². The average Bonchev–Trinajstić information content (AvgIpc) is 2.03. The summed E-state index contributed by atoms with van der Waals surface area (Å²) in [6, 6.07) is 0. The Morgan fingerprint density at radius 1 is 1.00 bits per heavy atom. The molecule has 0 unspecified atom stereocenters. The Bertz CT molecular complexity index is 119. The van der Waals surface area contributed by atoms with Crippen LogP contribution in [-0.2, 0) is 0 Å². The molecule has 0 aliphatic heterocycles. The predicted molar refractivity (Wildman–Crippen MR) is 49.1 cm³/mol. The number of nitrogens with one attached hydrogen (secondary N) is 1. The van der Waals surface area contributed by atoms with Crippen LogP contribution in [0.15, 0.2) is 0 Å². The molecule has 0 heterocycles. The summed E-state index contributed by atoms with van der Waals surface area (Å²) in [5.41, 5.74) is 6.93. The predicted octanol–water partition coefficient (Wildman–Crippen LogP) is 2.63. The van der Waals surface area contributed by atoms with Crippen molar-refractivity contribution < 1.29 is 0 Å². The van der Waals surface area contributed by atoms with E-state index in [1.54, 1.807) is 0 Å². The first-order chi connectivity index (χ1) is 5.41. The molecular formula is C10H18N. The lowest BCUT2D eigenvalue weighted by Gasteiger charge is -1.95. The molecule has 0 amide bonds. The lowest BCUT2D eigenvalue weighted by atomic mass is 10.1. The quantitative estimate of drug-likeness (QED) is 0.413. The Labute approximate surface area is 70.4 Å². The van der Waals surface area contributed by atoms with Crippen molar-refractivity contribution in [3.8, 4) is 11.8 Å². The topological polar surface area (TPSA) is 23.8 Å². The van der Waals surface area contributed by atoms with Gasteiger partial charge in [0.1, 0.15) is 0 Å². The molecule has 0 fully saturated rings. The molecule has 0 rings (SSSR count). The Hall–Kier alpha value is -0.480. The van der Waals surface area contributed by atoms with Crippen LogP contribution in [0.4, 0.5) is 0 Å². The number of unbranched alkanes of at least 4 members (excludes halogenated alkanes) is 5. The van der Waals surface area contributed by atoms with Gasteiger partial charge < -0.3 is 0 Å². The zero-order chi connectivity index (χ0) is 8.36. The summed E-state index contributed by atoms with van der Waals surface area (Å²) in [7, 11) is 0. The van der Waals surface area contributed by atoms with Crippen LogP contribution in [0.5, 0.6) is 0 Å². The van der Waals surface area contributed by atoms with Crippen LogP contribution in [-0.4, -0.2) is 6.54 Å². The summed E-state index contributed by atoms with van der Waals surface area (Å²) in [4.78, 5) is 0. The maximum absolute atomic E-state index is 6.93. The molecule has 0 bridgehead atoms. The van der Waals surface area contributed by atoms with Gasteiger partial charge in [0.05, 0.1) is 0 Å². The normalized spacial score (nSPS) is 8.91. The van der Waals surface area contributed by atoms with E-state index in [4.69, 9.17) is 5.73 Å². The minimum Gasteiger partial charge on any atom is -0.258 e. The highest BCUT2D eigenvalue weighted by Gasteiger charge is 1.87. The molecule has 1 radical (unpaired) electrons. The Kier molecular flexibility index (Phi) is 9.10. The van der Waals surface area contributed by atoms with Crippen molar-refractivity contribution in [3.63, 3.8) is 0 Å². The molecule has 0 aromatic heterocycles. The van der Waals surface area contributed by atoms with E-state index < -0.39 is 0 Å². The van der Waals surface area contributed by atoms with Crippen molar-refractivity contribution in [3.05, 3.63) is 0 Å². The molecule has 63 valence electrons. The van der Waals surface area contributed by atoms with Gasteiger partial charge in [0, 0.05) is 13.0 Å². The lowest BCUT2D eigenvalue weighted by Crippen LogP contribution is -1.84.